The zero-order valence-electron chi connectivity index (χ0n) is 5.19. The first-order chi connectivity index (χ1) is 3.00. The van der Waals surface area contributed by atoms with Crippen LogP contribution in [-0.4, -0.2) is 23.7 Å². The molecule has 0 aromatic carbocycles. The molecule has 0 bridgehead atoms. The Kier molecular flexibility index (Phi) is 7.74. The maximum atomic E-state index is 10.2. The van der Waals surface area contributed by atoms with Gasteiger partial charge < -0.3 is 0 Å². The first-order valence-electron chi connectivity index (χ1n) is 1.77. The van der Waals surface area contributed by atoms with Crippen LogP contribution in [0, 0.1) is 0 Å². The molecule has 0 saturated heterocycles. The second-order valence-corrected chi connectivity index (χ2v) is 5.17. The molecule has 7 heavy (non-hydrogen) atoms. The lowest BCUT2D eigenvalue weighted by Gasteiger charge is -1.80. The molecule has 0 aliphatic rings. The Morgan fingerprint density at radius 2 is 1.14 bits per heavy atom. The van der Waals surface area contributed by atoms with E-state index in [-0.39, 0.29) is 0 Å². The van der Waals surface area contributed by atoms with Crippen LogP contribution >= 0.6 is 22.6 Å². The van der Waals surface area contributed by atoms with Gasteiger partial charge in [-0.25, -0.2) is 0 Å². The Balaban J connectivity index is 0. The Morgan fingerprint density at radius 1 is 1.14 bits per heavy atom. The molecule has 0 radical (unpaired) electrons. The van der Waals surface area contributed by atoms with Crippen molar-refractivity contribution in [2.45, 2.75) is 0 Å². The van der Waals surface area contributed by atoms with E-state index in [0.29, 0.717) is 0 Å². The molecule has 0 aromatic rings. The van der Waals surface area contributed by atoms with E-state index in [0.717, 1.165) is 0 Å². The molecule has 0 amide bonds. The number of hydrogen-bond donors (Lipinski definition) is 0. The smallest absolute Gasteiger partial charge is 0.101 e. The lowest BCUT2D eigenvalue weighted by Crippen LogP contribution is -1.97. The van der Waals surface area contributed by atoms with Gasteiger partial charge in [0.05, 0.1) is 9.93 Å². The molecule has 0 unspecified atom stereocenters. The summed E-state index contributed by atoms with van der Waals surface area (Å²) in [5.41, 5.74) is 0. The van der Waals surface area contributed by atoms with Gasteiger partial charge in [-0.2, -0.15) is 0 Å². The van der Waals surface area contributed by atoms with E-state index in [9.17, 15) is 4.21 Å². The van der Waals surface area contributed by atoms with Crippen LogP contribution in [0.15, 0.2) is 0 Å². The summed E-state index contributed by atoms with van der Waals surface area (Å²) < 4.78 is 10.2. The summed E-state index contributed by atoms with van der Waals surface area (Å²) in [6, 6.07) is 0. The minimum atomic E-state index is -1.42. The first kappa shape index (κ1) is 10.8. The maximum Gasteiger partial charge on any atom is 0.101 e. The highest BCUT2D eigenvalue weighted by atomic mass is 127. The van der Waals surface area contributed by atoms with Crippen LogP contribution in [0.25, 0.3) is 0 Å². The van der Waals surface area contributed by atoms with Gasteiger partial charge >= 0.3 is 0 Å². The highest BCUT2D eigenvalue weighted by Crippen LogP contribution is 1.78. The second-order valence-electron chi connectivity index (χ2n) is 1.72. The van der Waals surface area contributed by atoms with Crippen LogP contribution in [0.3, 0.4) is 0 Å². The Labute approximate surface area is 60.4 Å². The monoisotopic (exact) mass is 235 g/mol. The van der Waals surface area contributed by atoms with Crippen molar-refractivity contribution < 1.29 is 4.21 Å². The first-order valence-corrected chi connectivity index (χ1v) is 6.71. The third-order valence-corrected chi connectivity index (χ3v) is 0. The summed E-state index contributed by atoms with van der Waals surface area (Å²) in [4.78, 5) is 1.97. The fourth-order valence-electron chi connectivity index (χ4n) is 0. The van der Waals surface area contributed by atoms with Crippen LogP contribution in [0.1, 0.15) is 0 Å². The fourth-order valence-corrected chi connectivity index (χ4v) is 0. The maximum absolute atomic E-state index is 10.2. The summed E-state index contributed by atoms with van der Waals surface area (Å²) in [5, 5.41) is 0. The quantitative estimate of drug-likeness (QED) is 0.352. The van der Waals surface area contributed by atoms with Crippen molar-refractivity contribution in [2.75, 3.05) is 23.7 Å². The molecule has 0 N–H and O–H groups in total. The third-order valence-electron chi connectivity index (χ3n) is 0. The van der Waals surface area contributed by atoms with E-state index in [4.69, 9.17) is 0 Å². The SMILES string of the molecule is CI.C[S+](C)(C)=O. The van der Waals surface area contributed by atoms with E-state index in [1.807, 2.05) is 4.93 Å². The number of alkyl halides is 1. The molecule has 0 aromatic heterocycles. The zero-order valence-corrected chi connectivity index (χ0v) is 8.17. The average molecular weight is 235 g/mol. The third kappa shape index (κ3) is 212. The molecule has 46 valence electrons. The normalized spacial score (nSPS) is 9.29. The zero-order chi connectivity index (χ0) is 6.50. The highest BCUT2D eigenvalue weighted by molar-refractivity contribution is 14.1. The van der Waals surface area contributed by atoms with E-state index in [2.05, 4.69) is 22.6 Å². The Bertz CT molecular complexity index is 57.8. The minimum Gasteiger partial charge on any atom is -0.107 e. The van der Waals surface area contributed by atoms with Crippen molar-refractivity contribution in [1.29, 1.82) is 0 Å². The topological polar surface area (TPSA) is 17.1 Å². The molecule has 1 nitrogen and oxygen atoms in total. The predicted octanol–water partition coefficient (Wildman–Crippen LogP) is 1.43. The number of rotatable bonds is 0. The van der Waals surface area contributed by atoms with Crippen LogP contribution in [0.2, 0.25) is 0 Å². The lowest BCUT2D eigenvalue weighted by atomic mass is 11.9. The van der Waals surface area contributed by atoms with Gasteiger partial charge in [0.15, 0.2) is 0 Å². The molecule has 0 heterocycles. The van der Waals surface area contributed by atoms with Gasteiger partial charge in [0.1, 0.15) is 18.8 Å². The summed E-state index contributed by atoms with van der Waals surface area (Å²) in [7, 11) is -1.42. The van der Waals surface area contributed by atoms with Crippen molar-refractivity contribution in [3.05, 3.63) is 0 Å². The molecule has 0 aliphatic carbocycles. The van der Waals surface area contributed by atoms with Crippen LogP contribution in [0.4, 0.5) is 0 Å². The van der Waals surface area contributed by atoms with E-state index in [1.165, 1.54) is 0 Å². The van der Waals surface area contributed by atoms with Gasteiger partial charge in [-0.1, -0.05) is 22.6 Å². The van der Waals surface area contributed by atoms with Gasteiger partial charge in [0.25, 0.3) is 0 Å². The summed E-state index contributed by atoms with van der Waals surface area (Å²) in [6.07, 6.45) is 5.15. The average Bonchev–Trinajstić information content (AvgIpc) is 1.36. The van der Waals surface area contributed by atoms with Crippen molar-refractivity contribution in [3.63, 3.8) is 0 Å². The molecule has 0 spiro atoms. The van der Waals surface area contributed by atoms with Gasteiger partial charge in [0.2, 0.25) is 0 Å². The number of halogens is 1. The predicted molar refractivity (Wildman–Crippen MR) is 45.8 cm³/mol. The van der Waals surface area contributed by atoms with Crippen molar-refractivity contribution in [3.8, 4) is 0 Å². The fraction of sp³-hybridized carbons (Fsp3) is 1.00. The summed E-state index contributed by atoms with van der Waals surface area (Å²) >= 11 is 2.15. The molecular formula is C4H12IOS+. The van der Waals surface area contributed by atoms with Crippen LogP contribution < -0.4 is 0 Å². The molecule has 0 saturated carbocycles. The molecule has 3 heteroatoms. The minimum absolute atomic E-state index is 1.42. The van der Waals surface area contributed by atoms with Crippen LogP contribution in [-0.2, 0) is 14.1 Å². The molecular weight excluding hydrogens is 223 g/mol. The molecule has 0 aliphatic heterocycles. The van der Waals surface area contributed by atoms with Crippen LogP contribution in [0.5, 0.6) is 0 Å². The highest BCUT2D eigenvalue weighted by Gasteiger charge is 1.95. The van der Waals surface area contributed by atoms with Gasteiger partial charge in [-0.3, -0.25) is 0 Å². The number of hydrogen-bond acceptors (Lipinski definition) is 1. The van der Waals surface area contributed by atoms with Crippen molar-refractivity contribution >= 4 is 32.5 Å². The van der Waals surface area contributed by atoms with Crippen molar-refractivity contribution in [2.24, 2.45) is 0 Å². The van der Waals surface area contributed by atoms with Crippen molar-refractivity contribution in [1.82, 2.24) is 0 Å². The molecule has 0 atom stereocenters. The lowest BCUT2D eigenvalue weighted by molar-refractivity contribution is 0.594. The molecule has 0 fully saturated rings. The van der Waals surface area contributed by atoms with Gasteiger partial charge in [0, 0.05) is 0 Å². The summed E-state index contributed by atoms with van der Waals surface area (Å²) in [5.74, 6) is 0. The Morgan fingerprint density at radius 3 is 1.14 bits per heavy atom. The standard InChI is InChI=1S/C3H9OS.CH3I/c1-5(2,3)4;1-2/h1-3H3;1H3/q+1;. The largest absolute Gasteiger partial charge is 0.107 e. The Hall–Kier alpha value is 0.880. The molecule has 0 rings (SSSR count). The second kappa shape index (κ2) is 5.03. The van der Waals surface area contributed by atoms with E-state index < -0.39 is 9.93 Å². The summed E-state index contributed by atoms with van der Waals surface area (Å²) in [6.45, 7) is 0. The van der Waals surface area contributed by atoms with Gasteiger partial charge in [-0.05, 0) is 4.93 Å². The van der Waals surface area contributed by atoms with Gasteiger partial charge in [-0.15, -0.1) is 4.21 Å². The van der Waals surface area contributed by atoms with E-state index in [1.54, 1.807) is 18.8 Å². The van der Waals surface area contributed by atoms with E-state index >= 15 is 0 Å².